The molecule has 2 aliphatic heterocycles. The summed E-state index contributed by atoms with van der Waals surface area (Å²) in [6.07, 6.45) is 5.44. The Balaban J connectivity index is 1.37. The summed E-state index contributed by atoms with van der Waals surface area (Å²) in [5, 5.41) is 2.89. The van der Waals surface area contributed by atoms with Crippen LogP contribution in [0.3, 0.4) is 0 Å². The van der Waals surface area contributed by atoms with Gasteiger partial charge in [0.25, 0.3) is 0 Å². The summed E-state index contributed by atoms with van der Waals surface area (Å²) in [6, 6.07) is 7.26. The molecule has 0 atom stereocenters. The number of rotatable bonds is 4. The van der Waals surface area contributed by atoms with Crippen molar-refractivity contribution in [2.45, 2.75) is 45.2 Å². The number of hydrogen-bond donors (Lipinski definition) is 1. The molecule has 3 nitrogen and oxygen atoms in total. The van der Waals surface area contributed by atoms with Crippen LogP contribution in [0.2, 0.25) is 5.02 Å². The van der Waals surface area contributed by atoms with E-state index >= 15 is 0 Å². The van der Waals surface area contributed by atoms with Crippen LogP contribution in [0.5, 0.6) is 0 Å². The van der Waals surface area contributed by atoms with Crippen molar-refractivity contribution in [3.63, 3.8) is 0 Å². The molecule has 0 radical (unpaired) electrons. The Labute approximate surface area is 165 Å². The number of thiophene rings is 1. The van der Waals surface area contributed by atoms with Crippen molar-refractivity contribution in [3.05, 3.63) is 39.0 Å². The van der Waals surface area contributed by atoms with E-state index in [0.717, 1.165) is 23.7 Å². The molecular formula is C21H28ClN3S. The van der Waals surface area contributed by atoms with Crippen LogP contribution in [-0.2, 0) is 6.54 Å². The van der Waals surface area contributed by atoms with Gasteiger partial charge in [0, 0.05) is 30.6 Å². The first kappa shape index (κ1) is 18.3. The summed E-state index contributed by atoms with van der Waals surface area (Å²) in [5.41, 5.74) is 10.1. The first-order valence-electron chi connectivity index (χ1n) is 9.70. The van der Waals surface area contributed by atoms with Crippen LogP contribution in [-0.4, -0.2) is 42.0 Å². The van der Waals surface area contributed by atoms with Crippen molar-refractivity contribution < 1.29 is 0 Å². The third-order valence-electron chi connectivity index (χ3n) is 5.92. The smallest absolute Gasteiger partial charge is 0.0644 e. The molecule has 0 bridgehead atoms. The van der Waals surface area contributed by atoms with Crippen LogP contribution in [0.4, 0.5) is 5.69 Å². The van der Waals surface area contributed by atoms with Crippen LogP contribution >= 0.6 is 22.9 Å². The zero-order valence-electron chi connectivity index (χ0n) is 15.5. The number of benzene rings is 1. The van der Waals surface area contributed by atoms with Gasteiger partial charge in [-0.25, -0.2) is 0 Å². The zero-order chi connectivity index (χ0) is 18.1. The molecule has 140 valence electrons. The Kier molecular flexibility index (Phi) is 5.55. The molecule has 1 aromatic heterocycles. The molecule has 0 unspecified atom stereocenters. The fourth-order valence-corrected chi connectivity index (χ4v) is 5.51. The Bertz CT molecular complexity index is 735. The van der Waals surface area contributed by atoms with E-state index in [0.29, 0.717) is 10.7 Å². The third kappa shape index (κ3) is 3.94. The second-order valence-corrected chi connectivity index (χ2v) is 9.14. The molecule has 0 aliphatic carbocycles. The highest BCUT2D eigenvalue weighted by Crippen LogP contribution is 2.33. The van der Waals surface area contributed by atoms with Crippen LogP contribution in [0.15, 0.2) is 23.6 Å². The number of likely N-dealkylation sites (tertiary alicyclic amines) is 2. The van der Waals surface area contributed by atoms with Gasteiger partial charge in [0.15, 0.2) is 0 Å². The first-order chi connectivity index (χ1) is 12.6. The average Bonchev–Trinajstić information content (AvgIpc) is 3.32. The maximum atomic E-state index is 6.27. The van der Waals surface area contributed by atoms with E-state index in [9.17, 15) is 0 Å². The number of nitrogens with zero attached hydrogens (tertiary/aromatic N) is 2. The topological polar surface area (TPSA) is 32.5 Å². The van der Waals surface area contributed by atoms with Gasteiger partial charge in [-0.3, -0.25) is 4.90 Å². The number of halogens is 1. The minimum absolute atomic E-state index is 0.650. The first-order valence-corrected chi connectivity index (χ1v) is 11.0. The van der Waals surface area contributed by atoms with Crippen LogP contribution < -0.4 is 5.73 Å². The van der Waals surface area contributed by atoms with Crippen molar-refractivity contribution in [1.82, 2.24) is 9.80 Å². The summed E-state index contributed by atoms with van der Waals surface area (Å²) >= 11 is 8.12. The second-order valence-electron chi connectivity index (χ2n) is 7.74. The minimum Gasteiger partial charge on any atom is -0.397 e. The van der Waals surface area contributed by atoms with Gasteiger partial charge < -0.3 is 10.6 Å². The summed E-state index contributed by atoms with van der Waals surface area (Å²) < 4.78 is 0. The van der Waals surface area contributed by atoms with Crippen molar-refractivity contribution >= 4 is 28.6 Å². The predicted molar refractivity (Wildman–Crippen MR) is 113 cm³/mol. The largest absolute Gasteiger partial charge is 0.397 e. The molecule has 2 fully saturated rings. The van der Waals surface area contributed by atoms with E-state index in [1.165, 1.54) is 62.3 Å². The van der Waals surface area contributed by atoms with Crippen molar-refractivity contribution in [3.8, 4) is 11.1 Å². The monoisotopic (exact) mass is 389 g/mol. The quantitative estimate of drug-likeness (QED) is 0.745. The van der Waals surface area contributed by atoms with Gasteiger partial charge in [0.1, 0.15) is 0 Å². The summed E-state index contributed by atoms with van der Waals surface area (Å²) in [4.78, 5) is 6.77. The lowest BCUT2D eigenvalue weighted by Crippen LogP contribution is -2.43. The third-order valence-corrected chi connectivity index (χ3v) is 7.15. The fourth-order valence-electron chi connectivity index (χ4n) is 4.31. The van der Waals surface area contributed by atoms with E-state index < -0.39 is 0 Å². The molecule has 0 saturated carbocycles. The molecule has 0 spiro atoms. The second kappa shape index (κ2) is 7.89. The maximum absolute atomic E-state index is 6.27. The molecule has 26 heavy (non-hydrogen) atoms. The summed E-state index contributed by atoms with van der Waals surface area (Å²) in [7, 11) is 0. The van der Waals surface area contributed by atoms with Crippen LogP contribution in [0.25, 0.3) is 11.1 Å². The Morgan fingerprint density at radius 3 is 2.50 bits per heavy atom. The molecular weight excluding hydrogens is 362 g/mol. The SMILES string of the molecule is Cc1cc(-c2csc(CN3CCC(N4CCCC4)CC3)c2)cc(Cl)c1N. The lowest BCUT2D eigenvalue weighted by Gasteiger charge is -2.36. The molecule has 5 heteroatoms. The van der Waals surface area contributed by atoms with Gasteiger partial charge in [0.05, 0.1) is 10.7 Å². The minimum atomic E-state index is 0.650. The lowest BCUT2D eigenvalue weighted by molar-refractivity contribution is 0.123. The van der Waals surface area contributed by atoms with Gasteiger partial charge in [-0.2, -0.15) is 0 Å². The molecule has 2 saturated heterocycles. The van der Waals surface area contributed by atoms with Crippen LogP contribution in [0.1, 0.15) is 36.1 Å². The summed E-state index contributed by atoms with van der Waals surface area (Å²) in [6.45, 7) is 8.18. The molecule has 2 aliphatic rings. The van der Waals surface area contributed by atoms with Crippen molar-refractivity contribution in [2.24, 2.45) is 0 Å². The number of anilines is 1. The number of hydrogen-bond acceptors (Lipinski definition) is 4. The van der Waals surface area contributed by atoms with E-state index in [1.54, 1.807) is 0 Å². The Morgan fingerprint density at radius 2 is 1.81 bits per heavy atom. The molecule has 2 N–H and O–H groups in total. The molecule has 1 aromatic carbocycles. The highest BCUT2D eigenvalue weighted by Gasteiger charge is 2.26. The predicted octanol–water partition coefficient (Wildman–Crippen LogP) is 5.02. The Morgan fingerprint density at radius 1 is 1.08 bits per heavy atom. The van der Waals surface area contributed by atoms with Gasteiger partial charge >= 0.3 is 0 Å². The van der Waals surface area contributed by atoms with Gasteiger partial charge in [-0.15, -0.1) is 11.3 Å². The van der Waals surface area contributed by atoms with Crippen molar-refractivity contribution in [1.29, 1.82) is 0 Å². The van der Waals surface area contributed by atoms with E-state index in [4.69, 9.17) is 17.3 Å². The highest BCUT2D eigenvalue weighted by atomic mass is 35.5. The van der Waals surface area contributed by atoms with E-state index in [1.807, 2.05) is 24.3 Å². The standard InChI is InChI=1S/C21H28ClN3S/c1-15-10-16(12-20(22)21(15)23)17-11-19(26-14-17)13-24-8-4-18(5-9-24)25-6-2-3-7-25/h10-12,14,18H,2-9,13,23H2,1H3. The summed E-state index contributed by atoms with van der Waals surface area (Å²) in [5.74, 6) is 0. The number of aryl methyl sites for hydroxylation is 1. The molecule has 0 amide bonds. The lowest BCUT2D eigenvalue weighted by atomic mass is 10.0. The number of piperidine rings is 1. The van der Waals surface area contributed by atoms with Crippen LogP contribution in [0, 0.1) is 6.92 Å². The zero-order valence-corrected chi connectivity index (χ0v) is 17.1. The average molecular weight is 390 g/mol. The fraction of sp³-hybridized carbons (Fsp3) is 0.524. The molecule has 3 heterocycles. The van der Waals surface area contributed by atoms with Crippen molar-refractivity contribution in [2.75, 3.05) is 31.9 Å². The van der Waals surface area contributed by atoms with Gasteiger partial charge in [-0.05, 0) is 86.0 Å². The number of nitrogens with two attached hydrogens (primary N) is 1. The number of nitrogen functional groups attached to an aromatic ring is 1. The van der Waals surface area contributed by atoms with E-state index in [-0.39, 0.29) is 0 Å². The Hall–Kier alpha value is -1.07. The highest BCUT2D eigenvalue weighted by molar-refractivity contribution is 7.10. The van der Waals surface area contributed by atoms with Gasteiger partial charge in [-0.1, -0.05) is 11.6 Å². The molecule has 4 rings (SSSR count). The normalized spacial score (nSPS) is 20.1. The van der Waals surface area contributed by atoms with E-state index in [2.05, 4.69) is 27.3 Å². The van der Waals surface area contributed by atoms with Gasteiger partial charge in [0.2, 0.25) is 0 Å². The maximum Gasteiger partial charge on any atom is 0.0644 e. The molecule has 2 aromatic rings.